The van der Waals surface area contributed by atoms with Gasteiger partial charge in [0.2, 0.25) is 0 Å². The fourth-order valence-electron chi connectivity index (χ4n) is 1.95. The summed E-state index contributed by atoms with van der Waals surface area (Å²) >= 11 is 5.78. The van der Waals surface area contributed by atoms with Crippen molar-refractivity contribution in [3.63, 3.8) is 0 Å². The Bertz CT molecular complexity index is 715. The van der Waals surface area contributed by atoms with Gasteiger partial charge in [-0.25, -0.2) is 4.79 Å². The van der Waals surface area contributed by atoms with Gasteiger partial charge in [0, 0.05) is 5.02 Å². The summed E-state index contributed by atoms with van der Waals surface area (Å²) in [7, 11) is 0. The molecular formula is C18H18ClNO4. The number of benzene rings is 2. The Morgan fingerprint density at radius 3 is 2.46 bits per heavy atom. The molecule has 24 heavy (non-hydrogen) atoms. The van der Waals surface area contributed by atoms with Crippen LogP contribution in [0.2, 0.25) is 5.02 Å². The van der Waals surface area contributed by atoms with Gasteiger partial charge in [-0.15, -0.1) is 0 Å². The summed E-state index contributed by atoms with van der Waals surface area (Å²) < 4.78 is 10.6. The van der Waals surface area contributed by atoms with Crippen LogP contribution in [0.25, 0.3) is 0 Å². The Labute approximate surface area is 145 Å². The van der Waals surface area contributed by atoms with Gasteiger partial charge in [-0.05, 0) is 50.2 Å². The van der Waals surface area contributed by atoms with Crippen LogP contribution in [0.3, 0.4) is 0 Å². The molecule has 0 spiro atoms. The van der Waals surface area contributed by atoms with Crippen LogP contribution in [0, 0.1) is 0 Å². The van der Waals surface area contributed by atoms with E-state index in [-0.39, 0.29) is 0 Å². The molecule has 126 valence electrons. The average molecular weight is 348 g/mol. The van der Waals surface area contributed by atoms with E-state index in [1.54, 1.807) is 42.5 Å². The largest absolute Gasteiger partial charge is 0.492 e. The SMILES string of the molecule is CCOc1ccccc1NC(=O)[C@@H](C)OC(=O)c1ccc(Cl)cc1. The molecule has 0 aliphatic carbocycles. The van der Waals surface area contributed by atoms with Crippen molar-refractivity contribution in [1.82, 2.24) is 0 Å². The van der Waals surface area contributed by atoms with Crippen molar-refractivity contribution in [2.24, 2.45) is 0 Å². The van der Waals surface area contributed by atoms with Crippen molar-refractivity contribution in [3.8, 4) is 5.75 Å². The highest BCUT2D eigenvalue weighted by atomic mass is 35.5. The maximum atomic E-state index is 12.2. The van der Waals surface area contributed by atoms with Crippen LogP contribution in [0.1, 0.15) is 24.2 Å². The minimum Gasteiger partial charge on any atom is -0.492 e. The van der Waals surface area contributed by atoms with E-state index in [1.807, 2.05) is 13.0 Å². The molecule has 6 heteroatoms. The second-order valence-corrected chi connectivity index (χ2v) is 5.41. The van der Waals surface area contributed by atoms with Crippen molar-refractivity contribution >= 4 is 29.2 Å². The van der Waals surface area contributed by atoms with Gasteiger partial charge in [0.15, 0.2) is 6.10 Å². The average Bonchev–Trinajstić information content (AvgIpc) is 2.57. The number of amides is 1. The fourth-order valence-corrected chi connectivity index (χ4v) is 2.08. The molecule has 1 amide bonds. The van der Waals surface area contributed by atoms with Gasteiger partial charge in [-0.3, -0.25) is 4.79 Å². The van der Waals surface area contributed by atoms with Crippen LogP contribution >= 0.6 is 11.6 Å². The van der Waals surface area contributed by atoms with Crippen molar-refractivity contribution in [2.45, 2.75) is 20.0 Å². The molecule has 0 unspecified atom stereocenters. The molecule has 2 aromatic rings. The molecule has 5 nitrogen and oxygen atoms in total. The molecular weight excluding hydrogens is 330 g/mol. The van der Waals surface area contributed by atoms with E-state index in [0.717, 1.165) is 0 Å². The van der Waals surface area contributed by atoms with Gasteiger partial charge in [-0.1, -0.05) is 23.7 Å². The molecule has 1 N–H and O–H groups in total. The molecule has 0 saturated carbocycles. The number of halogens is 1. The molecule has 0 aromatic heterocycles. The van der Waals surface area contributed by atoms with E-state index in [0.29, 0.717) is 28.6 Å². The van der Waals surface area contributed by atoms with Gasteiger partial charge >= 0.3 is 5.97 Å². The molecule has 0 radical (unpaired) electrons. The number of ether oxygens (including phenoxy) is 2. The number of carbonyl (C=O) groups is 2. The van der Waals surface area contributed by atoms with Crippen LogP contribution in [0.5, 0.6) is 5.75 Å². The number of hydrogen-bond donors (Lipinski definition) is 1. The van der Waals surface area contributed by atoms with Crippen LogP contribution in [0.4, 0.5) is 5.69 Å². The van der Waals surface area contributed by atoms with Crippen LogP contribution in [-0.4, -0.2) is 24.6 Å². The Balaban J connectivity index is 1.99. The van der Waals surface area contributed by atoms with Gasteiger partial charge in [-0.2, -0.15) is 0 Å². The monoisotopic (exact) mass is 347 g/mol. The zero-order valence-corrected chi connectivity index (χ0v) is 14.2. The minimum absolute atomic E-state index is 0.328. The molecule has 0 aliphatic rings. The maximum absolute atomic E-state index is 12.2. The van der Waals surface area contributed by atoms with Crippen molar-refractivity contribution < 1.29 is 19.1 Å². The van der Waals surface area contributed by atoms with E-state index in [4.69, 9.17) is 21.1 Å². The normalized spacial score (nSPS) is 11.5. The summed E-state index contributed by atoms with van der Waals surface area (Å²) in [4.78, 5) is 24.2. The van der Waals surface area contributed by atoms with Gasteiger partial charge in [0.25, 0.3) is 5.91 Å². The first kappa shape index (κ1) is 17.8. The molecule has 0 saturated heterocycles. The zero-order valence-electron chi connectivity index (χ0n) is 13.4. The number of nitrogens with one attached hydrogen (secondary N) is 1. The van der Waals surface area contributed by atoms with Crippen molar-refractivity contribution in [2.75, 3.05) is 11.9 Å². The first-order valence-electron chi connectivity index (χ1n) is 7.50. The molecule has 1 atom stereocenters. The standard InChI is InChI=1S/C18H18ClNO4/c1-3-23-16-7-5-4-6-15(16)20-17(21)12(2)24-18(22)13-8-10-14(19)11-9-13/h4-12H,3H2,1-2H3,(H,20,21)/t12-/m1/s1. The highest BCUT2D eigenvalue weighted by molar-refractivity contribution is 6.30. The topological polar surface area (TPSA) is 64.6 Å². The molecule has 0 aliphatic heterocycles. The number of para-hydroxylation sites is 2. The Morgan fingerprint density at radius 2 is 1.79 bits per heavy atom. The summed E-state index contributed by atoms with van der Waals surface area (Å²) in [5.74, 6) is -0.471. The first-order chi connectivity index (χ1) is 11.5. The predicted molar refractivity (Wildman–Crippen MR) is 92.6 cm³/mol. The maximum Gasteiger partial charge on any atom is 0.338 e. The van der Waals surface area contributed by atoms with Crippen molar-refractivity contribution in [1.29, 1.82) is 0 Å². The smallest absolute Gasteiger partial charge is 0.338 e. The summed E-state index contributed by atoms with van der Waals surface area (Å²) in [6, 6.07) is 13.3. The van der Waals surface area contributed by atoms with E-state index in [9.17, 15) is 9.59 Å². The second kappa shape index (κ2) is 8.36. The summed E-state index contributed by atoms with van der Waals surface area (Å²) in [5, 5.41) is 3.22. The lowest BCUT2D eigenvalue weighted by Gasteiger charge is -2.15. The zero-order chi connectivity index (χ0) is 17.5. The summed E-state index contributed by atoms with van der Waals surface area (Å²) in [6.07, 6.45) is -0.956. The molecule has 2 rings (SSSR count). The van der Waals surface area contributed by atoms with Crippen molar-refractivity contribution in [3.05, 3.63) is 59.1 Å². The van der Waals surface area contributed by atoms with E-state index >= 15 is 0 Å². The number of anilines is 1. The molecule has 0 fully saturated rings. The van der Waals surface area contributed by atoms with Crippen LogP contribution in [-0.2, 0) is 9.53 Å². The lowest BCUT2D eigenvalue weighted by molar-refractivity contribution is -0.123. The lowest BCUT2D eigenvalue weighted by Crippen LogP contribution is -2.30. The first-order valence-corrected chi connectivity index (χ1v) is 7.88. The van der Waals surface area contributed by atoms with Crippen LogP contribution in [0.15, 0.2) is 48.5 Å². The minimum atomic E-state index is -0.956. The Morgan fingerprint density at radius 1 is 1.12 bits per heavy atom. The Kier molecular flexibility index (Phi) is 6.21. The quantitative estimate of drug-likeness (QED) is 0.804. The van der Waals surface area contributed by atoms with Gasteiger partial charge < -0.3 is 14.8 Å². The summed E-state index contributed by atoms with van der Waals surface area (Å²) in [6.45, 7) is 3.84. The summed E-state index contributed by atoms with van der Waals surface area (Å²) in [5.41, 5.74) is 0.854. The third kappa shape index (κ3) is 4.73. The van der Waals surface area contributed by atoms with Gasteiger partial charge in [0.05, 0.1) is 17.9 Å². The highest BCUT2D eigenvalue weighted by Crippen LogP contribution is 2.24. The molecule has 0 bridgehead atoms. The van der Waals surface area contributed by atoms with Crippen LogP contribution < -0.4 is 10.1 Å². The predicted octanol–water partition coefficient (Wildman–Crippen LogP) is 3.92. The molecule has 2 aromatic carbocycles. The highest BCUT2D eigenvalue weighted by Gasteiger charge is 2.20. The van der Waals surface area contributed by atoms with E-state index < -0.39 is 18.0 Å². The number of carbonyl (C=O) groups excluding carboxylic acids is 2. The lowest BCUT2D eigenvalue weighted by atomic mass is 10.2. The third-order valence-corrected chi connectivity index (χ3v) is 3.43. The number of esters is 1. The van der Waals surface area contributed by atoms with Gasteiger partial charge in [0.1, 0.15) is 5.75 Å². The Hall–Kier alpha value is -2.53. The van der Waals surface area contributed by atoms with E-state index in [2.05, 4.69) is 5.32 Å². The second-order valence-electron chi connectivity index (χ2n) is 4.97. The fraction of sp³-hybridized carbons (Fsp3) is 0.222. The number of rotatable bonds is 6. The molecule has 0 heterocycles. The number of hydrogen-bond acceptors (Lipinski definition) is 4. The van der Waals surface area contributed by atoms with E-state index in [1.165, 1.54) is 6.92 Å². The third-order valence-electron chi connectivity index (χ3n) is 3.18.